The molecule has 126 valence electrons. The molecule has 1 aliphatic heterocycles. The molecule has 0 bridgehead atoms. The van der Waals surface area contributed by atoms with Gasteiger partial charge in [0, 0.05) is 10.4 Å². The Labute approximate surface area is 148 Å². The number of hydrogen-bond acceptors (Lipinski definition) is 5. The second-order valence-corrected chi connectivity index (χ2v) is 6.75. The standard InChI is InChI=1S/C16H15Cl2N3O3/c1-9-10(2)24-16(23-9,6-21-8-19-7-20-21)14-4-11-3-12(17)5-13(18)15(11)22-14/h3-5,7-10H,6H2,1-2H3. The van der Waals surface area contributed by atoms with Crippen LogP contribution in [0.5, 0.6) is 0 Å². The lowest BCUT2D eigenvalue weighted by Crippen LogP contribution is -2.33. The molecule has 2 aromatic heterocycles. The van der Waals surface area contributed by atoms with E-state index in [4.69, 9.17) is 37.1 Å². The number of fused-ring (bicyclic) bond motifs is 1. The minimum atomic E-state index is -1.10. The molecule has 4 rings (SSSR count). The molecule has 2 atom stereocenters. The third-order valence-corrected chi connectivity index (χ3v) is 4.66. The first-order chi connectivity index (χ1) is 11.5. The number of nitrogens with zero attached hydrogens (tertiary/aromatic N) is 3. The molecule has 0 saturated carbocycles. The summed E-state index contributed by atoms with van der Waals surface area (Å²) in [5.41, 5.74) is 0.549. The number of rotatable bonds is 3. The van der Waals surface area contributed by atoms with Crippen molar-refractivity contribution < 1.29 is 13.9 Å². The number of hydrogen-bond donors (Lipinski definition) is 0. The number of halogens is 2. The molecule has 1 aliphatic rings. The first kappa shape index (κ1) is 15.9. The molecule has 0 aliphatic carbocycles. The fourth-order valence-electron chi connectivity index (χ4n) is 2.88. The summed E-state index contributed by atoms with van der Waals surface area (Å²) in [7, 11) is 0. The van der Waals surface area contributed by atoms with Gasteiger partial charge in [0.05, 0.1) is 17.2 Å². The SMILES string of the molecule is CC1OC(Cn2cncn2)(c2cc3cc(Cl)cc(Cl)c3o2)OC1C. The van der Waals surface area contributed by atoms with E-state index < -0.39 is 5.79 Å². The van der Waals surface area contributed by atoms with Gasteiger partial charge >= 0.3 is 0 Å². The van der Waals surface area contributed by atoms with Gasteiger partial charge < -0.3 is 13.9 Å². The number of furan rings is 1. The highest BCUT2D eigenvalue weighted by molar-refractivity contribution is 6.38. The van der Waals surface area contributed by atoms with Crippen LogP contribution in [-0.2, 0) is 21.8 Å². The second-order valence-electron chi connectivity index (χ2n) is 5.91. The van der Waals surface area contributed by atoms with E-state index in [1.165, 1.54) is 6.33 Å². The van der Waals surface area contributed by atoms with Crippen LogP contribution in [0.15, 0.2) is 35.3 Å². The monoisotopic (exact) mass is 367 g/mol. The van der Waals surface area contributed by atoms with Gasteiger partial charge in [-0.15, -0.1) is 0 Å². The number of benzene rings is 1. The van der Waals surface area contributed by atoms with E-state index in [0.29, 0.717) is 27.9 Å². The Morgan fingerprint density at radius 1 is 1.17 bits per heavy atom. The lowest BCUT2D eigenvalue weighted by Gasteiger charge is -2.25. The predicted molar refractivity (Wildman–Crippen MR) is 89.0 cm³/mol. The summed E-state index contributed by atoms with van der Waals surface area (Å²) in [5, 5.41) is 5.92. The fraction of sp³-hybridized carbons (Fsp3) is 0.375. The molecule has 0 amide bonds. The van der Waals surface area contributed by atoms with Crippen LogP contribution in [0.3, 0.4) is 0 Å². The van der Waals surface area contributed by atoms with E-state index in [1.54, 1.807) is 23.1 Å². The quantitative estimate of drug-likeness (QED) is 0.699. The van der Waals surface area contributed by atoms with Gasteiger partial charge in [0.15, 0.2) is 11.3 Å². The Morgan fingerprint density at radius 2 is 1.92 bits per heavy atom. The minimum absolute atomic E-state index is 0.0965. The van der Waals surface area contributed by atoms with Gasteiger partial charge in [-0.1, -0.05) is 23.2 Å². The van der Waals surface area contributed by atoms with Crippen molar-refractivity contribution >= 4 is 34.2 Å². The molecule has 3 aromatic rings. The third-order valence-electron chi connectivity index (χ3n) is 4.16. The van der Waals surface area contributed by atoms with Crippen molar-refractivity contribution in [1.82, 2.24) is 14.8 Å². The number of ether oxygens (including phenoxy) is 2. The van der Waals surface area contributed by atoms with Gasteiger partial charge in [-0.25, -0.2) is 9.67 Å². The maximum atomic E-state index is 6.24. The van der Waals surface area contributed by atoms with Crippen LogP contribution >= 0.6 is 23.2 Å². The van der Waals surface area contributed by atoms with E-state index in [-0.39, 0.29) is 12.2 Å². The summed E-state index contributed by atoms with van der Waals surface area (Å²) in [6.45, 7) is 4.23. The highest BCUT2D eigenvalue weighted by Gasteiger charge is 2.49. The summed E-state index contributed by atoms with van der Waals surface area (Å²) in [4.78, 5) is 3.97. The molecule has 0 spiro atoms. The zero-order chi connectivity index (χ0) is 16.9. The van der Waals surface area contributed by atoms with E-state index in [1.807, 2.05) is 19.9 Å². The van der Waals surface area contributed by atoms with Crippen LogP contribution in [0, 0.1) is 0 Å². The average Bonchev–Trinajstić information content (AvgIpc) is 3.20. The fourth-order valence-corrected chi connectivity index (χ4v) is 3.43. The molecule has 1 aromatic carbocycles. The first-order valence-electron chi connectivity index (χ1n) is 7.54. The molecule has 0 radical (unpaired) electrons. The van der Waals surface area contributed by atoms with Crippen molar-refractivity contribution in [2.45, 2.75) is 38.4 Å². The van der Waals surface area contributed by atoms with Crippen LogP contribution < -0.4 is 0 Å². The summed E-state index contributed by atoms with van der Waals surface area (Å²) in [6, 6.07) is 5.28. The first-order valence-corrected chi connectivity index (χ1v) is 8.29. The van der Waals surface area contributed by atoms with Gasteiger partial charge in [-0.3, -0.25) is 0 Å². The van der Waals surface area contributed by atoms with Crippen molar-refractivity contribution in [2.75, 3.05) is 0 Å². The molecular weight excluding hydrogens is 353 g/mol. The normalized spacial score (nSPS) is 27.2. The predicted octanol–water partition coefficient (Wildman–Crippen LogP) is 4.01. The maximum Gasteiger partial charge on any atom is 0.249 e. The zero-order valence-corrected chi connectivity index (χ0v) is 14.6. The Morgan fingerprint density at radius 3 is 2.58 bits per heavy atom. The lowest BCUT2D eigenvalue weighted by molar-refractivity contribution is -0.204. The summed E-state index contributed by atoms with van der Waals surface area (Å²) >= 11 is 12.3. The third kappa shape index (κ3) is 2.59. The topological polar surface area (TPSA) is 62.3 Å². The molecular formula is C16H15Cl2N3O3. The maximum absolute atomic E-state index is 6.24. The van der Waals surface area contributed by atoms with Crippen LogP contribution in [0.2, 0.25) is 10.0 Å². The van der Waals surface area contributed by atoms with E-state index in [2.05, 4.69) is 10.1 Å². The van der Waals surface area contributed by atoms with Crippen LogP contribution in [0.1, 0.15) is 19.6 Å². The molecule has 2 unspecified atom stereocenters. The van der Waals surface area contributed by atoms with Crippen molar-refractivity contribution in [3.8, 4) is 0 Å². The van der Waals surface area contributed by atoms with Crippen LogP contribution in [0.25, 0.3) is 11.0 Å². The average molecular weight is 368 g/mol. The zero-order valence-electron chi connectivity index (χ0n) is 13.1. The molecule has 1 saturated heterocycles. The van der Waals surface area contributed by atoms with Gasteiger partial charge in [-0.2, -0.15) is 5.10 Å². The highest BCUT2D eigenvalue weighted by atomic mass is 35.5. The lowest BCUT2D eigenvalue weighted by atomic mass is 10.2. The second kappa shape index (κ2) is 5.74. The molecule has 0 N–H and O–H groups in total. The molecule has 3 heterocycles. The Bertz CT molecular complexity index is 868. The van der Waals surface area contributed by atoms with Crippen molar-refractivity contribution in [3.63, 3.8) is 0 Å². The summed E-state index contributed by atoms with van der Waals surface area (Å²) in [6.07, 6.45) is 2.88. The summed E-state index contributed by atoms with van der Waals surface area (Å²) in [5.74, 6) is -0.574. The van der Waals surface area contributed by atoms with Crippen LogP contribution in [-0.4, -0.2) is 27.0 Å². The van der Waals surface area contributed by atoms with Gasteiger partial charge in [-0.05, 0) is 32.0 Å². The Balaban J connectivity index is 1.83. The molecule has 24 heavy (non-hydrogen) atoms. The molecule has 1 fully saturated rings. The van der Waals surface area contributed by atoms with Crippen LogP contribution in [0.4, 0.5) is 0 Å². The molecule has 8 heteroatoms. The smallest absolute Gasteiger partial charge is 0.249 e. The largest absolute Gasteiger partial charge is 0.454 e. The van der Waals surface area contributed by atoms with Crippen molar-refractivity contribution in [1.29, 1.82) is 0 Å². The van der Waals surface area contributed by atoms with Gasteiger partial charge in [0.1, 0.15) is 19.2 Å². The van der Waals surface area contributed by atoms with Crippen molar-refractivity contribution in [3.05, 3.63) is 46.7 Å². The highest BCUT2D eigenvalue weighted by Crippen LogP contribution is 2.42. The van der Waals surface area contributed by atoms with Gasteiger partial charge in [0.2, 0.25) is 5.79 Å². The van der Waals surface area contributed by atoms with E-state index in [9.17, 15) is 0 Å². The Hall–Kier alpha value is -1.60. The van der Waals surface area contributed by atoms with Gasteiger partial charge in [0.25, 0.3) is 0 Å². The molecule has 6 nitrogen and oxygen atoms in total. The van der Waals surface area contributed by atoms with E-state index in [0.717, 1.165) is 5.39 Å². The minimum Gasteiger partial charge on any atom is -0.454 e. The van der Waals surface area contributed by atoms with E-state index >= 15 is 0 Å². The Kier molecular flexibility index (Phi) is 3.80. The van der Waals surface area contributed by atoms with Crippen molar-refractivity contribution in [2.24, 2.45) is 0 Å². The number of aromatic nitrogens is 3. The summed E-state index contributed by atoms with van der Waals surface area (Å²) < 4.78 is 19.9.